The highest BCUT2D eigenvalue weighted by Gasteiger charge is 2.06. The minimum Gasteiger partial charge on any atom is -0.372 e. The molecule has 0 fully saturated rings. The number of nitrogens with zero attached hydrogens (tertiary/aromatic N) is 2. The fourth-order valence-corrected chi connectivity index (χ4v) is 1.92. The van der Waals surface area contributed by atoms with Crippen LogP contribution in [-0.4, -0.2) is 13.1 Å². The summed E-state index contributed by atoms with van der Waals surface area (Å²) in [5, 5.41) is 8.59. The van der Waals surface area contributed by atoms with E-state index in [1.165, 1.54) is 16.8 Å². The van der Waals surface area contributed by atoms with Crippen molar-refractivity contribution < 1.29 is 0 Å². The van der Waals surface area contributed by atoms with Gasteiger partial charge < -0.3 is 4.90 Å². The van der Waals surface area contributed by atoms with E-state index in [4.69, 9.17) is 5.26 Å². The number of rotatable bonds is 5. The Bertz CT molecular complexity index is 373. The average Bonchev–Trinajstić information content (AvgIpc) is 2.31. The Kier molecular flexibility index (Phi) is 4.85. The van der Waals surface area contributed by atoms with E-state index in [1.807, 2.05) is 0 Å². The molecule has 0 heterocycles. The van der Waals surface area contributed by atoms with Gasteiger partial charge in [0.05, 0.1) is 6.07 Å². The second kappa shape index (κ2) is 6.17. The number of aryl methyl sites for hydroxylation is 2. The highest BCUT2D eigenvalue weighted by atomic mass is 15.1. The highest BCUT2D eigenvalue weighted by Crippen LogP contribution is 2.22. The summed E-state index contributed by atoms with van der Waals surface area (Å²) in [6.07, 6.45) is 1.45. The van der Waals surface area contributed by atoms with Gasteiger partial charge in [-0.1, -0.05) is 12.1 Å². The molecule has 2 nitrogen and oxygen atoms in total. The fraction of sp³-hybridized carbons (Fsp3) is 0.500. The monoisotopic (exact) mass is 216 g/mol. The molecule has 0 radical (unpaired) electrons. The third kappa shape index (κ3) is 3.00. The smallest absolute Gasteiger partial charge is 0.0625 e. The molecule has 1 rings (SSSR count). The summed E-state index contributed by atoms with van der Waals surface area (Å²) >= 11 is 0. The normalized spacial score (nSPS) is 9.88. The molecule has 0 atom stereocenters. The molecule has 0 amide bonds. The van der Waals surface area contributed by atoms with Crippen molar-refractivity contribution in [1.82, 2.24) is 0 Å². The van der Waals surface area contributed by atoms with Crippen LogP contribution in [-0.2, 0) is 6.42 Å². The van der Waals surface area contributed by atoms with E-state index in [0.717, 1.165) is 19.5 Å². The summed E-state index contributed by atoms with van der Waals surface area (Å²) < 4.78 is 0. The maximum absolute atomic E-state index is 8.59. The maximum atomic E-state index is 8.59. The van der Waals surface area contributed by atoms with Gasteiger partial charge in [-0.3, -0.25) is 0 Å². The first-order valence-electron chi connectivity index (χ1n) is 5.94. The van der Waals surface area contributed by atoms with Crippen molar-refractivity contribution in [2.24, 2.45) is 0 Å². The molecule has 1 aromatic carbocycles. The predicted octanol–water partition coefficient (Wildman–Crippen LogP) is 3.30. The first kappa shape index (κ1) is 12.6. The number of hydrogen-bond acceptors (Lipinski definition) is 2. The Balaban J connectivity index is 2.94. The van der Waals surface area contributed by atoms with E-state index in [0.29, 0.717) is 6.42 Å². The van der Waals surface area contributed by atoms with Gasteiger partial charge in [-0.25, -0.2) is 0 Å². The standard InChI is InChI=1S/C14H20N2/c1-4-16(5-2)14-11-13(7-6-10-15)9-8-12(14)3/h8-9,11H,4-7H2,1-3H3. The van der Waals surface area contributed by atoms with Crippen molar-refractivity contribution in [3.05, 3.63) is 29.3 Å². The maximum Gasteiger partial charge on any atom is 0.0625 e. The number of nitriles is 1. The van der Waals surface area contributed by atoms with Crippen molar-refractivity contribution in [1.29, 1.82) is 5.26 Å². The van der Waals surface area contributed by atoms with Gasteiger partial charge in [0, 0.05) is 25.2 Å². The molecule has 0 spiro atoms. The molecule has 1 aromatic rings. The van der Waals surface area contributed by atoms with Crippen LogP contribution in [0.3, 0.4) is 0 Å². The molecular weight excluding hydrogens is 196 g/mol. The van der Waals surface area contributed by atoms with E-state index >= 15 is 0 Å². The van der Waals surface area contributed by atoms with Gasteiger partial charge in [0.15, 0.2) is 0 Å². The lowest BCUT2D eigenvalue weighted by Crippen LogP contribution is -2.22. The summed E-state index contributed by atoms with van der Waals surface area (Å²) in [6.45, 7) is 8.54. The summed E-state index contributed by atoms with van der Waals surface area (Å²) in [5.74, 6) is 0. The Morgan fingerprint density at radius 2 is 1.94 bits per heavy atom. The molecule has 16 heavy (non-hydrogen) atoms. The van der Waals surface area contributed by atoms with Crippen LogP contribution in [0.2, 0.25) is 0 Å². The molecule has 2 heteroatoms. The van der Waals surface area contributed by atoms with Gasteiger partial charge in [-0.15, -0.1) is 0 Å². The van der Waals surface area contributed by atoms with Crippen LogP contribution >= 0.6 is 0 Å². The van der Waals surface area contributed by atoms with Crippen molar-refractivity contribution in [3.63, 3.8) is 0 Å². The van der Waals surface area contributed by atoms with Crippen LogP contribution in [0.5, 0.6) is 0 Å². The zero-order chi connectivity index (χ0) is 12.0. The molecule has 0 aliphatic heterocycles. The van der Waals surface area contributed by atoms with Crippen LogP contribution in [0.25, 0.3) is 0 Å². The van der Waals surface area contributed by atoms with Crippen molar-refractivity contribution in [2.45, 2.75) is 33.6 Å². The van der Waals surface area contributed by atoms with E-state index in [-0.39, 0.29) is 0 Å². The second-order valence-corrected chi connectivity index (χ2v) is 3.95. The largest absolute Gasteiger partial charge is 0.372 e. The summed E-state index contributed by atoms with van der Waals surface area (Å²) in [6, 6.07) is 8.69. The Morgan fingerprint density at radius 3 is 2.50 bits per heavy atom. The lowest BCUT2D eigenvalue weighted by molar-refractivity contribution is 0.858. The van der Waals surface area contributed by atoms with Crippen LogP contribution in [0, 0.1) is 18.3 Å². The van der Waals surface area contributed by atoms with Crippen molar-refractivity contribution in [2.75, 3.05) is 18.0 Å². The first-order valence-corrected chi connectivity index (χ1v) is 5.94. The molecule has 86 valence electrons. The molecule has 0 unspecified atom stereocenters. The third-order valence-electron chi connectivity index (χ3n) is 2.90. The van der Waals surface area contributed by atoms with Crippen LogP contribution in [0.1, 0.15) is 31.4 Å². The molecule has 0 N–H and O–H groups in total. The van der Waals surface area contributed by atoms with E-state index in [9.17, 15) is 0 Å². The molecule has 0 aromatic heterocycles. The van der Waals surface area contributed by atoms with Gasteiger partial charge in [0.1, 0.15) is 0 Å². The minimum atomic E-state index is 0.598. The third-order valence-corrected chi connectivity index (χ3v) is 2.90. The lowest BCUT2D eigenvalue weighted by atomic mass is 10.1. The molecule has 0 aliphatic rings. The predicted molar refractivity (Wildman–Crippen MR) is 68.7 cm³/mol. The molecule has 0 saturated heterocycles. The quantitative estimate of drug-likeness (QED) is 0.755. The molecule has 0 bridgehead atoms. The van der Waals surface area contributed by atoms with Gasteiger partial charge >= 0.3 is 0 Å². The molecule has 0 aliphatic carbocycles. The summed E-state index contributed by atoms with van der Waals surface area (Å²) in [7, 11) is 0. The number of benzene rings is 1. The SMILES string of the molecule is CCN(CC)c1cc(CCC#N)ccc1C. The minimum absolute atomic E-state index is 0.598. The number of hydrogen-bond donors (Lipinski definition) is 0. The zero-order valence-electron chi connectivity index (χ0n) is 10.5. The molecule has 0 saturated carbocycles. The lowest BCUT2D eigenvalue weighted by Gasteiger charge is -2.23. The number of anilines is 1. The van der Waals surface area contributed by atoms with Gasteiger partial charge in [0.25, 0.3) is 0 Å². The van der Waals surface area contributed by atoms with Crippen LogP contribution in [0.15, 0.2) is 18.2 Å². The van der Waals surface area contributed by atoms with Crippen LogP contribution < -0.4 is 4.90 Å². The Hall–Kier alpha value is -1.49. The van der Waals surface area contributed by atoms with Crippen LogP contribution in [0.4, 0.5) is 5.69 Å². The Morgan fingerprint density at radius 1 is 1.25 bits per heavy atom. The summed E-state index contributed by atoms with van der Waals surface area (Å²) in [5.41, 5.74) is 3.87. The zero-order valence-corrected chi connectivity index (χ0v) is 10.5. The first-order chi connectivity index (χ1) is 7.72. The van der Waals surface area contributed by atoms with Crippen molar-refractivity contribution >= 4 is 5.69 Å². The van der Waals surface area contributed by atoms with Crippen molar-refractivity contribution in [3.8, 4) is 6.07 Å². The van der Waals surface area contributed by atoms with Gasteiger partial charge in [0.2, 0.25) is 0 Å². The topological polar surface area (TPSA) is 27.0 Å². The summed E-state index contributed by atoms with van der Waals surface area (Å²) in [4.78, 5) is 2.35. The highest BCUT2D eigenvalue weighted by molar-refractivity contribution is 5.55. The Labute approximate surface area is 98.5 Å². The van der Waals surface area contributed by atoms with Gasteiger partial charge in [-0.2, -0.15) is 5.26 Å². The van der Waals surface area contributed by atoms with E-state index in [1.54, 1.807) is 0 Å². The fourth-order valence-electron chi connectivity index (χ4n) is 1.92. The van der Waals surface area contributed by atoms with Gasteiger partial charge in [-0.05, 0) is 44.4 Å². The molecular formula is C14H20N2. The second-order valence-electron chi connectivity index (χ2n) is 3.95. The van der Waals surface area contributed by atoms with E-state index < -0.39 is 0 Å². The van der Waals surface area contributed by atoms with E-state index in [2.05, 4.69) is 49.9 Å². The average molecular weight is 216 g/mol.